The van der Waals surface area contributed by atoms with E-state index < -0.39 is 11.9 Å². The Bertz CT molecular complexity index is 2880. The molecule has 0 atom stereocenters. The lowest BCUT2D eigenvalue weighted by Crippen LogP contribution is -2.38. The molecular formula is C62H67NO7. The first-order valence-corrected chi connectivity index (χ1v) is 24.4. The van der Waals surface area contributed by atoms with Crippen molar-refractivity contribution in [2.75, 3.05) is 65.9 Å². The van der Waals surface area contributed by atoms with E-state index in [1.165, 1.54) is 94.6 Å². The molecule has 0 aromatic heterocycles. The molecule has 0 saturated carbocycles. The van der Waals surface area contributed by atoms with Crippen LogP contribution in [0.1, 0.15) is 47.2 Å². The average molecular weight is 938 g/mol. The molecule has 0 radical (unpaired) electrons. The molecule has 0 bridgehead atoms. The molecule has 8 nitrogen and oxygen atoms in total. The molecule has 0 spiro atoms. The zero-order valence-electron chi connectivity index (χ0n) is 42.2. The Kier molecular flexibility index (Phi) is 18.0. The fourth-order valence-electron chi connectivity index (χ4n) is 9.03. The van der Waals surface area contributed by atoms with E-state index in [-0.39, 0.29) is 26.3 Å². The van der Waals surface area contributed by atoms with Crippen LogP contribution in [0.5, 0.6) is 5.75 Å². The molecule has 70 heavy (non-hydrogen) atoms. The summed E-state index contributed by atoms with van der Waals surface area (Å²) in [7, 11) is 0. The minimum Gasteiger partial charge on any atom is -0.491 e. The van der Waals surface area contributed by atoms with Gasteiger partial charge in [-0.2, -0.15) is 0 Å². The molecule has 7 aromatic rings. The summed E-state index contributed by atoms with van der Waals surface area (Å²) in [5.41, 5.74) is 22.2. The van der Waals surface area contributed by atoms with Crippen molar-refractivity contribution in [3.8, 4) is 72.5 Å². The third kappa shape index (κ3) is 13.5. The first-order chi connectivity index (χ1) is 33.9. The maximum Gasteiger partial charge on any atom is 0.320 e. The molecule has 362 valence electrons. The molecule has 0 aliphatic rings. The van der Waals surface area contributed by atoms with Crippen molar-refractivity contribution in [3.05, 3.63) is 173 Å². The largest absolute Gasteiger partial charge is 0.491 e. The van der Waals surface area contributed by atoms with Gasteiger partial charge in [0.15, 0.2) is 0 Å². The number of aryl methyl sites for hydroxylation is 6. The summed E-state index contributed by atoms with van der Waals surface area (Å²) >= 11 is 0. The maximum atomic E-state index is 11.9. The Morgan fingerprint density at radius 3 is 1.17 bits per heavy atom. The van der Waals surface area contributed by atoms with Gasteiger partial charge in [-0.05, 0) is 162 Å². The molecule has 7 rings (SSSR count). The number of hydrogen-bond acceptors (Lipinski definition) is 8. The van der Waals surface area contributed by atoms with Crippen molar-refractivity contribution in [1.29, 1.82) is 0 Å². The lowest BCUT2D eigenvalue weighted by Gasteiger charge is -2.20. The molecule has 0 fully saturated rings. The highest BCUT2D eigenvalue weighted by atomic mass is 16.5. The Morgan fingerprint density at radius 2 is 0.771 bits per heavy atom. The second-order valence-corrected chi connectivity index (χ2v) is 17.9. The van der Waals surface area contributed by atoms with Crippen LogP contribution in [0, 0.1) is 41.5 Å². The minimum absolute atomic E-state index is 0.00551. The standard InChI is InChI=1S/C62H67NO7/c1-9-68-61(64)40-63(41-62(65)69-10-2)28-29-66-30-31-67-32-33-70-55-21-14-48(15-22-55)56-23-16-51(35-43(56)4)52-18-25-59(45(6)37-52)60-27-20-54(39-47(60)8)53-19-26-58(46(7)38-53)57-24-17-50(36-44(57)5)49-13-11-12-42(3)34-49/h11-27,34-39H,9-10,28-33,40-41H2,1-8H3. The lowest BCUT2D eigenvalue weighted by atomic mass is 9.89. The molecule has 0 saturated heterocycles. The number of esters is 2. The Morgan fingerprint density at radius 1 is 0.400 bits per heavy atom. The molecule has 0 aliphatic heterocycles. The van der Waals surface area contributed by atoms with E-state index >= 15 is 0 Å². The highest BCUT2D eigenvalue weighted by molar-refractivity contribution is 5.82. The van der Waals surface area contributed by atoms with E-state index in [9.17, 15) is 9.59 Å². The number of benzene rings is 7. The van der Waals surface area contributed by atoms with Gasteiger partial charge in [-0.1, -0.05) is 133 Å². The highest BCUT2D eigenvalue weighted by Gasteiger charge is 2.17. The predicted molar refractivity (Wildman–Crippen MR) is 284 cm³/mol. The quantitative estimate of drug-likeness (QED) is 0.0491. The molecule has 0 N–H and O–H groups in total. The first kappa shape index (κ1) is 51.0. The van der Waals surface area contributed by atoms with Crippen molar-refractivity contribution >= 4 is 11.9 Å². The van der Waals surface area contributed by atoms with Gasteiger partial charge in [-0.15, -0.1) is 0 Å². The number of ether oxygens (including phenoxy) is 5. The monoisotopic (exact) mass is 937 g/mol. The van der Waals surface area contributed by atoms with Crippen LogP contribution >= 0.6 is 0 Å². The van der Waals surface area contributed by atoms with Crippen molar-refractivity contribution in [2.45, 2.75) is 55.4 Å². The van der Waals surface area contributed by atoms with Crippen LogP contribution in [-0.2, 0) is 28.5 Å². The summed E-state index contributed by atoms with van der Waals surface area (Å²) in [6.45, 7) is 19.5. The zero-order chi connectivity index (χ0) is 49.6. The summed E-state index contributed by atoms with van der Waals surface area (Å²) in [4.78, 5) is 25.5. The Labute approximate surface area is 415 Å². The van der Waals surface area contributed by atoms with Gasteiger partial charge in [-0.25, -0.2) is 0 Å². The molecular weight excluding hydrogens is 871 g/mol. The van der Waals surface area contributed by atoms with Crippen molar-refractivity contribution in [2.24, 2.45) is 0 Å². The van der Waals surface area contributed by atoms with Gasteiger partial charge in [0.25, 0.3) is 0 Å². The van der Waals surface area contributed by atoms with Gasteiger partial charge in [0.05, 0.1) is 52.7 Å². The van der Waals surface area contributed by atoms with Gasteiger partial charge in [0.2, 0.25) is 0 Å². The minimum atomic E-state index is -0.392. The van der Waals surface area contributed by atoms with E-state index in [2.05, 4.69) is 169 Å². The lowest BCUT2D eigenvalue weighted by molar-refractivity contribution is -0.148. The van der Waals surface area contributed by atoms with Crippen molar-refractivity contribution in [3.63, 3.8) is 0 Å². The van der Waals surface area contributed by atoms with E-state index in [4.69, 9.17) is 23.7 Å². The maximum absolute atomic E-state index is 11.9. The molecule has 0 unspecified atom stereocenters. The third-order valence-corrected chi connectivity index (χ3v) is 12.6. The second kappa shape index (κ2) is 24.6. The van der Waals surface area contributed by atoms with Gasteiger partial charge in [0.1, 0.15) is 12.4 Å². The number of hydrogen-bond donors (Lipinski definition) is 0. The van der Waals surface area contributed by atoms with Gasteiger partial charge in [0, 0.05) is 6.54 Å². The first-order valence-electron chi connectivity index (χ1n) is 24.4. The summed E-state index contributed by atoms with van der Waals surface area (Å²) < 4.78 is 27.3. The summed E-state index contributed by atoms with van der Waals surface area (Å²) in [5.74, 6) is -0.00770. The van der Waals surface area contributed by atoms with Crippen LogP contribution in [0.3, 0.4) is 0 Å². The smallest absolute Gasteiger partial charge is 0.320 e. The van der Waals surface area contributed by atoms with E-state index in [0.717, 1.165) is 11.3 Å². The van der Waals surface area contributed by atoms with E-state index in [0.29, 0.717) is 39.6 Å². The molecule has 0 heterocycles. The number of carbonyl (C=O) groups is 2. The predicted octanol–water partition coefficient (Wildman–Crippen LogP) is 13.4. The fourth-order valence-corrected chi connectivity index (χ4v) is 9.03. The average Bonchev–Trinajstić information content (AvgIpc) is 3.34. The number of nitrogens with zero attached hydrogens (tertiary/aromatic N) is 1. The molecule has 7 aromatic carbocycles. The fraction of sp³-hybridized carbons (Fsp3) is 0.290. The third-order valence-electron chi connectivity index (χ3n) is 12.6. The number of carbonyl (C=O) groups excluding carboxylic acids is 2. The highest BCUT2D eigenvalue weighted by Crippen LogP contribution is 2.37. The van der Waals surface area contributed by atoms with Crippen molar-refractivity contribution in [1.82, 2.24) is 4.90 Å². The van der Waals surface area contributed by atoms with Crippen LogP contribution < -0.4 is 4.74 Å². The Balaban J connectivity index is 0.891. The molecule has 0 amide bonds. The van der Waals surface area contributed by atoms with Crippen LogP contribution in [0.15, 0.2) is 140 Å². The van der Waals surface area contributed by atoms with Crippen LogP contribution in [0.4, 0.5) is 0 Å². The van der Waals surface area contributed by atoms with Gasteiger partial charge in [-0.3, -0.25) is 14.5 Å². The van der Waals surface area contributed by atoms with E-state index in [1.54, 1.807) is 18.7 Å². The van der Waals surface area contributed by atoms with Crippen LogP contribution in [0.25, 0.3) is 66.8 Å². The number of rotatable bonds is 22. The SMILES string of the molecule is CCOC(=O)CN(CCOCCOCCOc1ccc(-c2ccc(-c3ccc(-c4ccc(-c5ccc(-c6ccc(-c7cccc(C)c7)cc6C)c(C)c5)cc4C)c(C)c3)cc2C)cc1)CC(=O)OCC. The molecule has 8 heteroatoms. The summed E-state index contributed by atoms with van der Waals surface area (Å²) in [6.07, 6.45) is 0. The topological polar surface area (TPSA) is 83.5 Å². The zero-order valence-corrected chi connectivity index (χ0v) is 42.2. The summed E-state index contributed by atoms with van der Waals surface area (Å²) in [5, 5.41) is 0. The van der Waals surface area contributed by atoms with Gasteiger partial charge >= 0.3 is 11.9 Å². The van der Waals surface area contributed by atoms with Crippen LogP contribution in [-0.4, -0.2) is 82.7 Å². The van der Waals surface area contributed by atoms with Crippen LogP contribution in [0.2, 0.25) is 0 Å². The van der Waals surface area contributed by atoms with E-state index in [1.807, 2.05) is 12.1 Å². The van der Waals surface area contributed by atoms with Gasteiger partial charge < -0.3 is 23.7 Å². The Hall–Kier alpha value is -6.84. The second-order valence-electron chi connectivity index (χ2n) is 17.9. The summed E-state index contributed by atoms with van der Waals surface area (Å²) in [6, 6.07) is 50.9. The van der Waals surface area contributed by atoms with Crippen molar-refractivity contribution < 1.29 is 33.3 Å². The molecule has 0 aliphatic carbocycles. The normalized spacial score (nSPS) is 11.2.